The maximum atomic E-state index is 14.5. The van der Waals surface area contributed by atoms with E-state index in [4.69, 9.17) is 83.6 Å². The SMILES string of the molecule is [B]C1CC(=O)N(CCOCCOCCOCCOCc2cn(-c3cc(COC(=O)NCC45OC6c7c(C)cc8c(OC)c9c(c(O)c8c7O[C@](OC)(C6O4)[C@]5(CBr)OCN(CCS(C)(=O)=O)C(=O)OCc4ccc(O[C@@H]5O[C@H](C(=O)O)[C@@H](O)[C@H](O)[C@H]5O)cc4)C(=O)CCC9)ccc3O[C@@H]3O[C@H](C(=O)O)[C@@H](O)[C@H](O)[C@H]3O)nn2)C1=O. The van der Waals surface area contributed by atoms with E-state index in [1.165, 1.54) is 67.6 Å². The van der Waals surface area contributed by atoms with Crippen molar-refractivity contribution in [1.29, 1.82) is 0 Å². The molecule has 114 heavy (non-hydrogen) atoms. The maximum absolute atomic E-state index is 14.5. The number of amides is 4. The molecule has 0 saturated carbocycles. The Morgan fingerprint density at radius 3 is 2.03 bits per heavy atom. The first-order chi connectivity index (χ1) is 54.4. The molecule has 5 saturated heterocycles. The molecule has 618 valence electrons. The van der Waals surface area contributed by atoms with Gasteiger partial charge < -0.3 is 127 Å². The van der Waals surface area contributed by atoms with Crippen LogP contribution in [0.5, 0.6) is 28.7 Å². The number of aromatic nitrogens is 3. The summed E-state index contributed by atoms with van der Waals surface area (Å²) in [5.41, 5.74) is -0.120. The van der Waals surface area contributed by atoms with Gasteiger partial charge in [0, 0.05) is 60.4 Å². The Bertz CT molecular complexity index is 4530. The number of hydrogen-bond acceptors (Lipinski definition) is 34. The summed E-state index contributed by atoms with van der Waals surface area (Å²) in [5, 5.41) is 106. The van der Waals surface area contributed by atoms with Gasteiger partial charge in [0.05, 0.1) is 104 Å². The van der Waals surface area contributed by atoms with Crippen molar-refractivity contribution < 1.29 is 164 Å². The number of hydrogen-bond donors (Lipinski definition) is 10. The highest BCUT2D eigenvalue weighted by molar-refractivity contribution is 9.09. The molecule has 43 heteroatoms. The summed E-state index contributed by atoms with van der Waals surface area (Å²) in [6, 6.07) is 11.4. The number of benzene rings is 4. The van der Waals surface area contributed by atoms with Gasteiger partial charge in [-0.05, 0) is 66.8 Å². The van der Waals surface area contributed by atoms with Crippen LogP contribution in [0.2, 0.25) is 5.82 Å². The number of nitrogens with one attached hydrogen (secondary N) is 1. The maximum Gasteiger partial charge on any atom is 0.411 e. The molecule has 2 bridgehead atoms. The molecule has 6 aliphatic heterocycles. The third-order valence-corrected chi connectivity index (χ3v) is 22.0. The Kier molecular flexibility index (Phi) is 26.4. The summed E-state index contributed by atoms with van der Waals surface area (Å²) in [6.07, 6.45) is -21.1. The predicted octanol–water partition coefficient (Wildman–Crippen LogP) is -0.594. The number of carbonyl (C=O) groups is 7. The number of aliphatic hydroxyl groups is 6. The number of methoxy groups -OCH3 is 2. The lowest BCUT2D eigenvalue weighted by Crippen LogP contribution is -2.76. The van der Waals surface area contributed by atoms with Gasteiger partial charge >= 0.3 is 24.1 Å². The molecule has 4 aromatic carbocycles. The Hall–Kier alpha value is -8.58. The zero-order valence-corrected chi connectivity index (χ0v) is 64.1. The van der Waals surface area contributed by atoms with Crippen LogP contribution in [-0.4, -0.2) is 318 Å². The average Bonchev–Trinajstić information content (AvgIpc) is 1.47. The highest BCUT2D eigenvalue weighted by Gasteiger charge is 2.86. The van der Waals surface area contributed by atoms with Gasteiger partial charge in [-0.2, -0.15) is 0 Å². The fraction of sp³-hybridized carbons (Fsp3) is 0.563. The van der Waals surface area contributed by atoms with Gasteiger partial charge in [-0.3, -0.25) is 24.2 Å². The van der Waals surface area contributed by atoms with Crippen molar-refractivity contribution in [3.05, 3.63) is 93.8 Å². The number of sulfone groups is 1. The van der Waals surface area contributed by atoms with E-state index in [2.05, 4.69) is 31.6 Å². The molecule has 4 amide bonds. The molecule has 7 heterocycles. The van der Waals surface area contributed by atoms with Crippen LogP contribution in [0.25, 0.3) is 16.5 Å². The van der Waals surface area contributed by atoms with Crippen LogP contribution < -0.4 is 24.3 Å². The third kappa shape index (κ3) is 17.0. The minimum atomic E-state index is -3.86. The minimum absolute atomic E-state index is 0.0152. The van der Waals surface area contributed by atoms with Gasteiger partial charge in [-0.15, -0.1) is 5.10 Å². The third-order valence-electron chi connectivity index (χ3n) is 20.2. The van der Waals surface area contributed by atoms with E-state index in [1.54, 1.807) is 13.0 Å². The average molecular weight is 1690 g/mol. The molecule has 4 unspecified atom stereocenters. The van der Waals surface area contributed by atoms with E-state index in [9.17, 15) is 87.9 Å². The molecule has 2 radical (unpaired) electrons. The van der Waals surface area contributed by atoms with Crippen molar-refractivity contribution >= 4 is 86.1 Å². The quantitative estimate of drug-likeness (QED) is 0.00787. The number of aliphatic carboxylic acids is 2. The number of likely N-dealkylation sites (tertiary alicyclic amines) is 1. The molecule has 5 fully saturated rings. The number of rotatable bonds is 36. The fourth-order valence-corrected chi connectivity index (χ4v) is 16.0. The number of phenols is 1. The number of aryl methyl sites for hydroxylation is 1. The highest BCUT2D eigenvalue weighted by atomic mass is 79.9. The molecule has 16 atom stereocenters. The molecular formula is C71H84BBrN6O34S. The van der Waals surface area contributed by atoms with Gasteiger partial charge in [0.25, 0.3) is 5.79 Å². The number of carbonyl (C=O) groups excluding carboxylic acids is 5. The second-order valence-electron chi connectivity index (χ2n) is 27.7. The number of ketones is 1. The van der Waals surface area contributed by atoms with E-state index in [0.29, 0.717) is 46.2 Å². The van der Waals surface area contributed by atoms with E-state index >= 15 is 0 Å². The topological polar surface area (TPSA) is 533 Å². The van der Waals surface area contributed by atoms with E-state index in [1.807, 2.05) is 0 Å². The van der Waals surface area contributed by atoms with E-state index in [0.717, 1.165) is 16.1 Å². The number of alkyl carbamates (subject to hydrolysis) is 1. The predicted molar refractivity (Wildman–Crippen MR) is 384 cm³/mol. The van der Waals surface area contributed by atoms with Gasteiger partial charge in [0.15, 0.2) is 24.1 Å². The lowest BCUT2D eigenvalue weighted by molar-refractivity contribution is -0.360. The number of phenolic OH excluding ortho intramolecular Hbond substituents is 1. The number of ether oxygens (including phenoxy) is 16. The fourth-order valence-electron chi connectivity index (χ4n) is 14.4. The van der Waals surface area contributed by atoms with Crippen molar-refractivity contribution in [3.63, 3.8) is 0 Å². The molecular weight excluding hydrogens is 1600 g/mol. The molecule has 1 aliphatic carbocycles. The zero-order valence-electron chi connectivity index (χ0n) is 61.7. The molecule has 7 aliphatic rings. The summed E-state index contributed by atoms with van der Waals surface area (Å²) in [4.78, 5) is 92.3. The molecule has 1 aromatic heterocycles. The second-order valence-corrected chi connectivity index (χ2v) is 30.5. The van der Waals surface area contributed by atoms with Crippen LogP contribution >= 0.6 is 15.9 Å². The first-order valence-corrected chi connectivity index (χ1v) is 39.0. The van der Waals surface area contributed by atoms with Crippen LogP contribution in [0.3, 0.4) is 0 Å². The summed E-state index contributed by atoms with van der Waals surface area (Å²) in [7, 11) is 4.45. The Balaban J connectivity index is 0.769. The minimum Gasteiger partial charge on any atom is -0.506 e. The molecule has 40 nitrogen and oxygen atoms in total. The van der Waals surface area contributed by atoms with Crippen LogP contribution in [0.15, 0.2) is 54.7 Å². The largest absolute Gasteiger partial charge is 0.506 e. The number of aromatic hydroxyl groups is 1. The number of fused-ring (bicyclic) bond motifs is 6. The Morgan fingerprint density at radius 2 is 1.41 bits per heavy atom. The van der Waals surface area contributed by atoms with Gasteiger partial charge in [-0.1, -0.05) is 39.3 Å². The number of aliphatic hydroxyl groups excluding tert-OH is 6. The number of Topliss-reactive ketones (excluding diaryl/α,β-unsaturated/α-hetero) is 1. The van der Waals surface area contributed by atoms with E-state index in [-0.39, 0.29) is 129 Å². The molecule has 10 N–H and O–H groups in total. The number of alkyl halides is 1. The standard InChI is InChI=1S/C71H84BBrN6O34S/c1-34-24-40-48(49(82)47-39(56(40)98-2)6-5-7-43(47)80)57-46(34)58-61-71(99-3,112-57)69(31-73,106-33-77(15-23-114(4,96)97)68(95)105-28-35-8-11-38(12-9-35)107-65-54(87)50(83)52(85)59(109-65)63(90)91)70(111-58,113-61)32-74-67(94)104-29-36-10-13-44(108-66-55(88)51(84)53(86)60(110-66)64(92)93)42(25-36)79-27-37(75-76-79)30-103-22-21-102-20-19-101-18-17-100-16-14-78-45(81)26-41(72)62(78)89/h8-13,24-25,27,41,50-55,58-61,65-66,82-88H,5-7,14-23,26,28-33H2,1-4H3,(H,74,94)(H,90,91)(H,92,93)/t41?,50-,51-,52-,53-,54+,55+,58?,59-,60-,61?,65+,66+,69+,70?,71+/m0/s1. The Morgan fingerprint density at radius 1 is 0.781 bits per heavy atom. The van der Waals surface area contributed by atoms with Crippen LogP contribution in [-0.2, 0) is 112 Å². The number of imide groups is 1. The molecule has 5 aromatic rings. The van der Waals surface area contributed by atoms with Crippen LogP contribution in [0.1, 0.15) is 69.2 Å². The summed E-state index contributed by atoms with van der Waals surface area (Å²) < 4.78 is 124. The van der Waals surface area contributed by atoms with Crippen molar-refractivity contribution in [2.75, 3.05) is 104 Å². The second kappa shape index (κ2) is 35.5. The number of nitrogens with zero attached hydrogens (tertiary/aromatic N) is 5. The first kappa shape index (κ1) is 84.8. The van der Waals surface area contributed by atoms with Crippen molar-refractivity contribution in [3.8, 4) is 34.4 Å². The molecule has 12 rings (SSSR count). The Labute approximate surface area is 658 Å². The van der Waals surface area contributed by atoms with Crippen molar-refractivity contribution in [2.45, 2.75) is 149 Å². The lowest BCUT2D eigenvalue weighted by Gasteiger charge is -2.55. The monoisotopic (exact) mass is 1690 g/mol. The number of carboxylic acids is 2. The van der Waals surface area contributed by atoms with Gasteiger partial charge in [-0.25, -0.2) is 32.3 Å². The van der Waals surface area contributed by atoms with Crippen molar-refractivity contribution in [1.82, 2.24) is 30.1 Å². The molecule has 0 spiro atoms. The summed E-state index contributed by atoms with van der Waals surface area (Å²) >= 11 is 3.60. The smallest absolute Gasteiger partial charge is 0.411 e. The van der Waals surface area contributed by atoms with Crippen molar-refractivity contribution in [2.24, 2.45) is 0 Å². The van der Waals surface area contributed by atoms with Crippen LogP contribution in [0, 0.1) is 6.92 Å². The zero-order chi connectivity index (χ0) is 81.9. The van der Waals surface area contributed by atoms with Gasteiger partial charge in [0.1, 0.15) is 113 Å². The normalized spacial score (nSPS) is 28.2. The first-order valence-electron chi connectivity index (χ1n) is 35.8. The number of halogens is 1. The van der Waals surface area contributed by atoms with E-state index < -0.39 is 186 Å². The summed E-state index contributed by atoms with van der Waals surface area (Å²) in [5.74, 6) is -10.8. The summed E-state index contributed by atoms with van der Waals surface area (Å²) in [6.45, 7) is -0.255. The van der Waals surface area contributed by atoms with Crippen LogP contribution in [0.4, 0.5) is 9.59 Å². The lowest BCUT2D eigenvalue weighted by atomic mass is 9.76. The number of carboxylic acid groups (broad SMARTS) is 2. The van der Waals surface area contributed by atoms with Gasteiger partial charge in [0.2, 0.25) is 35.8 Å². The highest BCUT2D eigenvalue weighted by Crippen LogP contribution is 2.68.